The van der Waals surface area contributed by atoms with E-state index >= 15 is 0 Å². The van der Waals surface area contributed by atoms with E-state index in [4.69, 9.17) is 10.5 Å². The van der Waals surface area contributed by atoms with Crippen LogP contribution in [0.4, 0.5) is 5.69 Å². The van der Waals surface area contributed by atoms with Gasteiger partial charge in [-0.1, -0.05) is 19.1 Å². The lowest BCUT2D eigenvalue weighted by molar-refractivity contribution is -0.125. The molecule has 4 nitrogen and oxygen atoms in total. The first kappa shape index (κ1) is 13.5. The average molecular weight is 236 g/mol. The van der Waals surface area contributed by atoms with Crippen LogP contribution < -0.4 is 10.6 Å². The number of anilines is 1. The van der Waals surface area contributed by atoms with E-state index in [2.05, 4.69) is 0 Å². The van der Waals surface area contributed by atoms with Gasteiger partial charge in [-0.25, -0.2) is 0 Å². The number of methoxy groups -OCH3 is 1. The van der Waals surface area contributed by atoms with Crippen LogP contribution in [0, 0.1) is 5.92 Å². The normalized spacial score (nSPS) is 14.1. The van der Waals surface area contributed by atoms with E-state index in [-0.39, 0.29) is 17.9 Å². The number of nitrogens with two attached hydrogens (primary N) is 1. The first-order valence-corrected chi connectivity index (χ1v) is 5.56. The minimum absolute atomic E-state index is 0.288. The number of benzene rings is 1. The predicted molar refractivity (Wildman–Crippen MR) is 68.9 cm³/mol. The maximum absolute atomic E-state index is 11.2. The Balaban J connectivity index is 2.93. The monoisotopic (exact) mass is 236 g/mol. The Bertz CT molecular complexity index is 374. The smallest absolute Gasteiger partial charge is 0.223 e. The molecule has 94 valence electrons. The highest BCUT2D eigenvalue weighted by Crippen LogP contribution is 2.26. The molecule has 17 heavy (non-hydrogen) atoms. The zero-order chi connectivity index (χ0) is 13.0. The van der Waals surface area contributed by atoms with Crippen molar-refractivity contribution >= 4 is 11.6 Å². The molecule has 2 N–H and O–H groups in total. The summed E-state index contributed by atoms with van der Waals surface area (Å²) in [5, 5.41) is 0. The zero-order valence-electron chi connectivity index (χ0n) is 10.8. The van der Waals surface area contributed by atoms with Gasteiger partial charge in [0.05, 0.1) is 12.0 Å². The summed E-state index contributed by atoms with van der Waals surface area (Å²) in [5.74, 6) is -0.696. The molecule has 0 aliphatic carbocycles. The third-order valence-electron chi connectivity index (χ3n) is 2.89. The average Bonchev–Trinajstić information content (AvgIpc) is 2.30. The van der Waals surface area contributed by atoms with Gasteiger partial charge >= 0.3 is 0 Å². The molecule has 0 bridgehead atoms. The van der Waals surface area contributed by atoms with Gasteiger partial charge in [0.2, 0.25) is 5.91 Å². The van der Waals surface area contributed by atoms with E-state index in [1.54, 1.807) is 14.0 Å². The second-order valence-corrected chi connectivity index (χ2v) is 4.33. The molecule has 1 aromatic carbocycles. The van der Waals surface area contributed by atoms with Crippen molar-refractivity contribution < 1.29 is 9.53 Å². The van der Waals surface area contributed by atoms with Gasteiger partial charge < -0.3 is 15.4 Å². The molecule has 0 saturated carbocycles. The molecule has 0 aliphatic rings. The predicted octanol–water partition coefficient (Wildman–Crippen LogP) is 1.56. The third kappa shape index (κ3) is 3.20. The van der Waals surface area contributed by atoms with Crippen molar-refractivity contribution in [1.29, 1.82) is 0 Å². The Labute approximate surface area is 102 Å². The molecule has 0 aliphatic heterocycles. The number of carbonyl (C=O) groups is 1. The van der Waals surface area contributed by atoms with E-state index in [0.717, 1.165) is 11.3 Å². The molecular weight excluding hydrogens is 216 g/mol. The topological polar surface area (TPSA) is 55.6 Å². The molecular formula is C13H20N2O2. The first-order valence-electron chi connectivity index (χ1n) is 5.56. The van der Waals surface area contributed by atoms with Gasteiger partial charge in [0, 0.05) is 26.9 Å². The molecule has 0 saturated heterocycles. The van der Waals surface area contributed by atoms with Gasteiger partial charge in [-0.3, -0.25) is 4.79 Å². The van der Waals surface area contributed by atoms with Crippen molar-refractivity contribution in [1.82, 2.24) is 0 Å². The summed E-state index contributed by atoms with van der Waals surface area (Å²) >= 11 is 0. The van der Waals surface area contributed by atoms with Crippen LogP contribution in [-0.4, -0.2) is 27.1 Å². The van der Waals surface area contributed by atoms with E-state index in [1.165, 1.54) is 0 Å². The highest BCUT2D eigenvalue weighted by atomic mass is 16.5. The standard InChI is InChI=1S/C13H20N2O2/c1-9(13(14)16)12(17-4)10-5-7-11(8-6-10)15(2)3/h5-9,12H,1-4H3,(H2,14,16)/t9-,12?/m0/s1. The van der Waals surface area contributed by atoms with Gasteiger partial charge in [-0.2, -0.15) is 0 Å². The fraction of sp³-hybridized carbons (Fsp3) is 0.462. The number of primary amides is 1. The van der Waals surface area contributed by atoms with Crippen LogP contribution in [0.2, 0.25) is 0 Å². The third-order valence-corrected chi connectivity index (χ3v) is 2.89. The second kappa shape index (κ2) is 5.68. The Hall–Kier alpha value is -1.55. The van der Waals surface area contributed by atoms with Crippen molar-refractivity contribution in [2.75, 3.05) is 26.1 Å². The lowest BCUT2D eigenvalue weighted by Gasteiger charge is -2.21. The van der Waals surface area contributed by atoms with Gasteiger partial charge in [0.1, 0.15) is 0 Å². The fourth-order valence-electron chi connectivity index (χ4n) is 1.74. The molecule has 0 radical (unpaired) electrons. The Morgan fingerprint density at radius 2 is 1.82 bits per heavy atom. The minimum atomic E-state index is -0.353. The first-order chi connectivity index (χ1) is 7.97. The Morgan fingerprint density at radius 3 is 2.18 bits per heavy atom. The van der Waals surface area contributed by atoms with Crippen LogP contribution in [-0.2, 0) is 9.53 Å². The molecule has 1 unspecified atom stereocenters. The number of carbonyl (C=O) groups excluding carboxylic acids is 1. The van der Waals surface area contributed by atoms with Gasteiger partial charge in [-0.15, -0.1) is 0 Å². The number of hydrogen-bond donors (Lipinski definition) is 1. The van der Waals surface area contributed by atoms with Crippen molar-refractivity contribution in [2.45, 2.75) is 13.0 Å². The van der Waals surface area contributed by atoms with Crippen LogP contribution in [0.15, 0.2) is 24.3 Å². The summed E-state index contributed by atoms with van der Waals surface area (Å²) in [6.45, 7) is 1.77. The second-order valence-electron chi connectivity index (χ2n) is 4.33. The molecule has 0 heterocycles. The molecule has 1 amide bonds. The van der Waals surface area contributed by atoms with Crippen LogP contribution in [0.3, 0.4) is 0 Å². The summed E-state index contributed by atoms with van der Waals surface area (Å²) < 4.78 is 5.35. The summed E-state index contributed by atoms with van der Waals surface area (Å²) in [6.07, 6.45) is -0.288. The fourth-order valence-corrected chi connectivity index (χ4v) is 1.74. The highest BCUT2D eigenvalue weighted by molar-refractivity contribution is 5.77. The lowest BCUT2D eigenvalue weighted by atomic mass is 9.96. The molecule has 1 rings (SSSR count). The van der Waals surface area contributed by atoms with Gasteiger partial charge in [-0.05, 0) is 17.7 Å². The Morgan fingerprint density at radius 1 is 1.29 bits per heavy atom. The van der Waals surface area contributed by atoms with E-state index in [9.17, 15) is 4.79 Å². The quantitative estimate of drug-likeness (QED) is 0.844. The maximum Gasteiger partial charge on any atom is 0.223 e. The van der Waals surface area contributed by atoms with E-state index < -0.39 is 0 Å². The molecule has 4 heteroatoms. The Kier molecular flexibility index (Phi) is 4.52. The maximum atomic E-state index is 11.2. The number of ether oxygens (including phenoxy) is 1. The van der Waals surface area contributed by atoms with Crippen LogP contribution in [0.5, 0.6) is 0 Å². The summed E-state index contributed by atoms with van der Waals surface area (Å²) in [4.78, 5) is 13.2. The summed E-state index contributed by atoms with van der Waals surface area (Å²) in [6, 6.07) is 7.91. The van der Waals surface area contributed by atoms with Crippen molar-refractivity contribution in [2.24, 2.45) is 11.7 Å². The number of rotatable bonds is 5. The van der Waals surface area contributed by atoms with Crippen LogP contribution in [0.25, 0.3) is 0 Å². The van der Waals surface area contributed by atoms with Crippen molar-refractivity contribution in [3.05, 3.63) is 29.8 Å². The van der Waals surface area contributed by atoms with Gasteiger partial charge in [0.15, 0.2) is 0 Å². The van der Waals surface area contributed by atoms with Crippen molar-refractivity contribution in [3.8, 4) is 0 Å². The number of nitrogens with zero attached hydrogens (tertiary/aromatic N) is 1. The molecule has 1 aromatic rings. The SMILES string of the molecule is COC(c1ccc(N(C)C)cc1)[C@H](C)C(N)=O. The highest BCUT2D eigenvalue weighted by Gasteiger charge is 2.23. The van der Waals surface area contributed by atoms with Gasteiger partial charge in [0.25, 0.3) is 0 Å². The number of hydrogen-bond acceptors (Lipinski definition) is 3. The number of amides is 1. The largest absolute Gasteiger partial charge is 0.378 e. The summed E-state index contributed by atoms with van der Waals surface area (Å²) in [5.41, 5.74) is 7.37. The van der Waals surface area contributed by atoms with Crippen LogP contribution in [0.1, 0.15) is 18.6 Å². The molecule has 0 fully saturated rings. The molecule has 2 atom stereocenters. The molecule has 0 aromatic heterocycles. The zero-order valence-corrected chi connectivity index (χ0v) is 10.8. The van der Waals surface area contributed by atoms with Crippen LogP contribution >= 0.6 is 0 Å². The van der Waals surface area contributed by atoms with Crippen molar-refractivity contribution in [3.63, 3.8) is 0 Å². The molecule has 0 spiro atoms. The van der Waals surface area contributed by atoms with E-state index in [0.29, 0.717) is 0 Å². The lowest BCUT2D eigenvalue weighted by Crippen LogP contribution is -2.27. The summed E-state index contributed by atoms with van der Waals surface area (Å²) in [7, 11) is 5.55. The van der Waals surface area contributed by atoms with E-state index in [1.807, 2.05) is 43.3 Å². The minimum Gasteiger partial charge on any atom is -0.378 e.